The lowest BCUT2D eigenvalue weighted by atomic mass is 10.1. The molecule has 3 N–H and O–H groups in total. The summed E-state index contributed by atoms with van der Waals surface area (Å²) in [5.74, 6) is 0.671. The van der Waals surface area contributed by atoms with Crippen molar-refractivity contribution < 1.29 is 4.79 Å². The first-order valence-corrected chi connectivity index (χ1v) is 6.56. The Bertz CT molecular complexity index is 591. The van der Waals surface area contributed by atoms with E-state index in [9.17, 15) is 4.79 Å². The Hall–Kier alpha value is -2.21. The topological polar surface area (TPSA) is 85.8 Å². The van der Waals surface area contributed by atoms with Crippen LogP contribution in [0.1, 0.15) is 19.8 Å². The van der Waals surface area contributed by atoms with E-state index in [1.165, 1.54) is 0 Å². The van der Waals surface area contributed by atoms with E-state index in [2.05, 4.69) is 15.5 Å². The van der Waals surface area contributed by atoms with Gasteiger partial charge in [-0.3, -0.25) is 4.79 Å². The van der Waals surface area contributed by atoms with Crippen molar-refractivity contribution in [3.8, 4) is 11.4 Å². The van der Waals surface area contributed by atoms with Gasteiger partial charge in [0.25, 0.3) is 0 Å². The van der Waals surface area contributed by atoms with Crippen molar-refractivity contribution in [3.05, 3.63) is 30.6 Å². The second-order valence-corrected chi connectivity index (χ2v) is 4.88. The number of carbonyl (C=O) groups excluding carboxylic acids is 1. The standard InChI is InChI=1S/C14H19N5O/c1-10(15)7-8-13(20)17-12-6-4-3-5-11(12)14-18-16-9-19(14)2/h3-6,9-10H,7-8,15H2,1-2H3,(H,17,20). The van der Waals surface area contributed by atoms with E-state index in [-0.39, 0.29) is 11.9 Å². The van der Waals surface area contributed by atoms with Gasteiger partial charge < -0.3 is 15.6 Å². The first-order chi connectivity index (χ1) is 9.58. The van der Waals surface area contributed by atoms with Crippen LogP contribution >= 0.6 is 0 Å². The van der Waals surface area contributed by atoms with Crippen molar-refractivity contribution in [2.75, 3.05) is 5.32 Å². The molecule has 0 aliphatic heterocycles. The van der Waals surface area contributed by atoms with Crippen molar-refractivity contribution in [3.63, 3.8) is 0 Å². The minimum absolute atomic E-state index is 0.0229. The fourth-order valence-electron chi connectivity index (χ4n) is 1.89. The van der Waals surface area contributed by atoms with Gasteiger partial charge in [-0.1, -0.05) is 12.1 Å². The number of nitrogens with two attached hydrogens (primary N) is 1. The summed E-state index contributed by atoms with van der Waals surface area (Å²) in [6, 6.07) is 7.57. The van der Waals surface area contributed by atoms with Crippen molar-refractivity contribution >= 4 is 11.6 Å². The van der Waals surface area contributed by atoms with Gasteiger partial charge in [0, 0.05) is 25.1 Å². The quantitative estimate of drug-likeness (QED) is 0.865. The SMILES string of the molecule is CC(N)CCC(=O)Nc1ccccc1-c1nncn1C. The van der Waals surface area contributed by atoms with E-state index in [1.54, 1.807) is 6.33 Å². The van der Waals surface area contributed by atoms with E-state index in [1.807, 2.05) is 42.8 Å². The van der Waals surface area contributed by atoms with Crippen LogP contribution in [0.25, 0.3) is 11.4 Å². The number of rotatable bonds is 5. The molecule has 0 aliphatic rings. The van der Waals surface area contributed by atoms with Gasteiger partial charge in [-0.15, -0.1) is 10.2 Å². The zero-order valence-corrected chi connectivity index (χ0v) is 11.7. The average Bonchev–Trinajstić information content (AvgIpc) is 2.83. The van der Waals surface area contributed by atoms with Crippen molar-refractivity contribution in [1.29, 1.82) is 0 Å². The highest BCUT2D eigenvalue weighted by molar-refractivity contribution is 5.94. The van der Waals surface area contributed by atoms with Crippen LogP contribution in [0.15, 0.2) is 30.6 Å². The third kappa shape index (κ3) is 3.42. The van der Waals surface area contributed by atoms with Gasteiger partial charge in [-0.05, 0) is 25.5 Å². The number of aromatic nitrogens is 3. The Morgan fingerprint density at radius 3 is 2.85 bits per heavy atom. The fraction of sp³-hybridized carbons (Fsp3) is 0.357. The van der Waals surface area contributed by atoms with Crippen LogP contribution in [-0.4, -0.2) is 26.7 Å². The summed E-state index contributed by atoms with van der Waals surface area (Å²) in [7, 11) is 1.87. The third-order valence-corrected chi connectivity index (χ3v) is 2.98. The minimum atomic E-state index is -0.0445. The normalized spacial score (nSPS) is 12.2. The van der Waals surface area contributed by atoms with Gasteiger partial charge >= 0.3 is 0 Å². The Balaban J connectivity index is 2.17. The van der Waals surface area contributed by atoms with Crippen LogP contribution in [0.2, 0.25) is 0 Å². The summed E-state index contributed by atoms with van der Waals surface area (Å²) in [4.78, 5) is 11.9. The highest BCUT2D eigenvalue weighted by Crippen LogP contribution is 2.25. The average molecular weight is 273 g/mol. The van der Waals surface area contributed by atoms with Crippen molar-refractivity contribution in [2.24, 2.45) is 12.8 Å². The molecule has 1 unspecified atom stereocenters. The Morgan fingerprint density at radius 2 is 2.20 bits per heavy atom. The molecule has 1 atom stereocenters. The summed E-state index contributed by atoms with van der Waals surface area (Å²) < 4.78 is 1.81. The summed E-state index contributed by atoms with van der Waals surface area (Å²) >= 11 is 0. The number of nitrogens with zero attached hydrogens (tertiary/aromatic N) is 3. The molecule has 2 aromatic rings. The smallest absolute Gasteiger partial charge is 0.224 e. The molecule has 0 radical (unpaired) electrons. The fourth-order valence-corrected chi connectivity index (χ4v) is 1.89. The lowest BCUT2D eigenvalue weighted by molar-refractivity contribution is -0.116. The number of hydrogen-bond donors (Lipinski definition) is 2. The van der Waals surface area contributed by atoms with Gasteiger partial charge in [0.1, 0.15) is 6.33 Å². The summed E-state index contributed by atoms with van der Waals surface area (Å²) in [5.41, 5.74) is 7.24. The number of aryl methyl sites for hydroxylation is 1. The number of anilines is 1. The summed E-state index contributed by atoms with van der Waals surface area (Å²) in [6.45, 7) is 1.89. The second kappa shape index (κ2) is 6.29. The van der Waals surface area contributed by atoms with Gasteiger partial charge in [-0.25, -0.2) is 0 Å². The number of para-hydroxylation sites is 1. The molecule has 6 heteroatoms. The molecule has 1 aromatic heterocycles. The molecule has 106 valence electrons. The molecule has 20 heavy (non-hydrogen) atoms. The van der Waals surface area contributed by atoms with E-state index in [0.717, 1.165) is 11.3 Å². The molecule has 2 rings (SSSR count). The van der Waals surface area contributed by atoms with Crippen LogP contribution in [0, 0.1) is 0 Å². The molecule has 1 aromatic carbocycles. The van der Waals surface area contributed by atoms with Crippen molar-refractivity contribution in [1.82, 2.24) is 14.8 Å². The Kier molecular flexibility index (Phi) is 4.47. The molecule has 0 bridgehead atoms. The molecule has 0 saturated heterocycles. The summed E-state index contributed by atoms with van der Waals surface area (Å²) in [6.07, 6.45) is 2.70. The number of amides is 1. The zero-order chi connectivity index (χ0) is 14.5. The maximum absolute atomic E-state index is 11.9. The van der Waals surface area contributed by atoms with Gasteiger partial charge in [-0.2, -0.15) is 0 Å². The predicted octanol–water partition coefficient (Wildman–Crippen LogP) is 1.55. The van der Waals surface area contributed by atoms with E-state index < -0.39 is 0 Å². The van der Waals surface area contributed by atoms with Gasteiger partial charge in [0.15, 0.2) is 5.82 Å². The molecule has 1 amide bonds. The molecule has 0 fully saturated rings. The van der Waals surface area contributed by atoms with Crippen molar-refractivity contribution in [2.45, 2.75) is 25.8 Å². The van der Waals surface area contributed by atoms with Crippen LogP contribution in [0.5, 0.6) is 0 Å². The highest BCUT2D eigenvalue weighted by Gasteiger charge is 2.12. The van der Waals surface area contributed by atoms with Crippen LogP contribution < -0.4 is 11.1 Å². The number of nitrogens with one attached hydrogen (secondary N) is 1. The van der Waals surface area contributed by atoms with E-state index in [0.29, 0.717) is 18.7 Å². The monoisotopic (exact) mass is 273 g/mol. The molecule has 0 saturated carbocycles. The third-order valence-electron chi connectivity index (χ3n) is 2.98. The van der Waals surface area contributed by atoms with Gasteiger partial charge in [0.2, 0.25) is 5.91 Å². The number of carbonyl (C=O) groups is 1. The maximum Gasteiger partial charge on any atom is 0.224 e. The van der Waals surface area contributed by atoms with Crippen LogP contribution in [0.3, 0.4) is 0 Å². The highest BCUT2D eigenvalue weighted by atomic mass is 16.1. The minimum Gasteiger partial charge on any atom is -0.328 e. The maximum atomic E-state index is 11.9. The largest absolute Gasteiger partial charge is 0.328 e. The molecule has 6 nitrogen and oxygen atoms in total. The molecule has 0 spiro atoms. The van der Waals surface area contributed by atoms with E-state index in [4.69, 9.17) is 5.73 Å². The molecule has 0 aliphatic carbocycles. The zero-order valence-electron chi connectivity index (χ0n) is 11.7. The summed E-state index contributed by atoms with van der Waals surface area (Å²) in [5, 5.41) is 10.8. The Labute approximate surface area is 118 Å². The number of benzene rings is 1. The van der Waals surface area contributed by atoms with Gasteiger partial charge in [0.05, 0.1) is 5.69 Å². The predicted molar refractivity (Wildman–Crippen MR) is 78.0 cm³/mol. The first-order valence-electron chi connectivity index (χ1n) is 6.56. The number of hydrogen-bond acceptors (Lipinski definition) is 4. The lowest BCUT2D eigenvalue weighted by Gasteiger charge is -2.11. The second-order valence-electron chi connectivity index (χ2n) is 4.88. The molecular formula is C14H19N5O. The van der Waals surface area contributed by atoms with E-state index >= 15 is 0 Å². The van der Waals surface area contributed by atoms with Crippen LogP contribution in [-0.2, 0) is 11.8 Å². The first kappa shape index (κ1) is 14.2. The molecule has 1 heterocycles. The Morgan fingerprint density at radius 1 is 1.45 bits per heavy atom. The molecular weight excluding hydrogens is 254 g/mol. The lowest BCUT2D eigenvalue weighted by Crippen LogP contribution is -2.19. The van der Waals surface area contributed by atoms with Crippen LogP contribution in [0.4, 0.5) is 5.69 Å².